The van der Waals surface area contributed by atoms with E-state index in [1.54, 1.807) is 17.2 Å². The van der Waals surface area contributed by atoms with Crippen LogP contribution in [0, 0.1) is 11.3 Å². The first kappa shape index (κ1) is 31.0. The van der Waals surface area contributed by atoms with E-state index in [0.29, 0.717) is 53.5 Å². The maximum absolute atomic E-state index is 14.6. The first-order valence-corrected chi connectivity index (χ1v) is 14.0. The number of ether oxygens (including phenoxy) is 1. The molecule has 1 atom stereocenters. The Balaban J connectivity index is 0.000000641. The number of nitriles is 1. The zero-order valence-electron chi connectivity index (χ0n) is 23.3. The number of carbonyl (C=O) groups is 1. The number of nitrogens with zero attached hydrogens (tertiary/aromatic N) is 6. The Morgan fingerprint density at radius 1 is 1.30 bits per heavy atom. The van der Waals surface area contributed by atoms with Gasteiger partial charge in [-0.1, -0.05) is 13.2 Å². The number of hydrogen-bond donors (Lipinski definition) is 1. The second-order valence-corrected chi connectivity index (χ2v) is 10.0. The molecule has 1 aliphatic rings. The number of amides is 1. The van der Waals surface area contributed by atoms with Crippen LogP contribution < -0.4 is 0 Å². The molecular formula is C31H28F2N6O3S. The molecule has 220 valence electrons. The van der Waals surface area contributed by atoms with Crippen molar-refractivity contribution in [3.05, 3.63) is 96.5 Å². The SMILES string of the molecule is C=CC(=O)N1CCn2nc(-c3nc(-c4cncc(C#N)c4)c4ccsc4c3C=C(F)/C=C/F)cc2C1C.C=COCCO. The number of hydrogen-bond acceptors (Lipinski definition) is 8. The molecule has 43 heavy (non-hydrogen) atoms. The van der Waals surface area contributed by atoms with Crippen LogP contribution in [0.2, 0.25) is 0 Å². The summed E-state index contributed by atoms with van der Waals surface area (Å²) >= 11 is 1.39. The van der Waals surface area contributed by atoms with Gasteiger partial charge in [0.05, 0.1) is 48.7 Å². The topological polar surface area (TPSA) is 117 Å². The summed E-state index contributed by atoms with van der Waals surface area (Å²) in [4.78, 5) is 23.1. The van der Waals surface area contributed by atoms with Crippen LogP contribution in [0.5, 0.6) is 0 Å². The van der Waals surface area contributed by atoms with Gasteiger partial charge in [0.25, 0.3) is 0 Å². The third-order valence-corrected chi connectivity index (χ3v) is 7.52. The third kappa shape index (κ3) is 6.74. The summed E-state index contributed by atoms with van der Waals surface area (Å²) in [6.45, 7) is 10.1. The normalized spacial score (nSPS) is 14.5. The summed E-state index contributed by atoms with van der Waals surface area (Å²) in [6.07, 6.45) is 7.78. The van der Waals surface area contributed by atoms with Gasteiger partial charge in [-0.2, -0.15) is 10.4 Å². The molecular weight excluding hydrogens is 574 g/mol. The second-order valence-electron chi connectivity index (χ2n) is 9.13. The fourth-order valence-electron chi connectivity index (χ4n) is 4.64. The maximum atomic E-state index is 14.6. The summed E-state index contributed by atoms with van der Waals surface area (Å²) in [7, 11) is 0. The van der Waals surface area contributed by atoms with Crippen molar-refractivity contribution in [2.24, 2.45) is 0 Å². The molecule has 0 spiro atoms. The fraction of sp³-hybridized carbons (Fsp3) is 0.194. The quantitative estimate of drug-likeness (QED) is 0.112. The van der Waals surface area contributed by atoms with Crippen LogP contribution in [0.1, 0.15) is 29.8 Å². The van der Waals surface area contributed by atoms with Crippen LogP contribution >= 0.6 is 11.3 Å². The molecule has 1 unspecified atom stereocenters. The van der Waals surface area contributed by atoms with Crippen molar-refractivity contribution in [3.8, 4) is 28.7 Å². The van der Waals surface area contributed by atoms with Crippen LogP contribution in [0.15, 0.2) is 79.7 Å². The molecule has 5 rings (SSSR count). The summed E-state index contributed by atoms with van der Waals surface area (Å²) in [5.74, 6) is -0.947. The van der Waals surface area contributed by atoms with Crippen LogP contribution in [0.3, 0.4) is 0 Å². The molecule has 0 radical (unpaired) electrons. The lowest BCUT2D eigenvalue weighted by molar-refractivity contribution is -0.129. The van der Waals surface area contributed by atoms with Crippen molar-refractivity contribution in [1.29, 1.82) is 5.26 Å². The van der Waals surface area contributed by atoms with Crippen LogP contribution in [-0.4, -0.2) is 55.4 Å². The molecule has 1 aliphatic heterocycles. The lowest BCUT2D eigenvalue weighted by Crippen LogP contribution is -2.40. The van der Waals surface area contributed by atoms with Gasteiger partial charge in [0.15, 0.2) is 0 Å². The van der Waals surface area contributed by atoms with E-state index in [4.69, 9.17) is 15.2 Å². The Hall–Kier alpha value is -4.99. The van der Waals surface area contributed by atoms with Gasteiger partial charge in [-0.05, 0) is 42.7 Å². The Morgan fingerprint density at radius 3 is 2.79 bits per heavy atom. The van der Waals surface area contributed by atoms with Gasteiger partial charge in [-0.15, -0.1) is 11.3 Å². The van der Waals surface area contributed by atoms with E-state index in [-0.39, 0.29) is 24.9 Å². The number of rotatable bonds is 8. The Morgan fingerprint density at radius 2 is 2.12 bits per heavy atom. The highest BCUT2D eigenvalue weighted by molar-refractivity contribution is 7.17. The number of pyridine rings is 2. The number of aliphatic hydroxyl groups is 1. The summed E-state index contributed by atoms with van der Waals surface area (Å²) in [5.41, 5.74) is 3.71. The van der Waals surface area contributed by atoms with Crippen molar-refractivity contribution in [3.63, 3.8) is 0 Å². The number of carbonyl (C=O) groups excluding carboxylic acids is 1. The molecule has 9 nitrogen and oxygen atoms in total. The molecule has 0 bridgehead atoms. The Bertz CT molecular complexity index is 1750. The van der Waals surface area contributed by atoms with E-state index in [9.17, 15) is 18.8 Å². The van der Waals surface area contributed by atoms with E-state index < -0.39 is 5.83 Å². The first-order chi connectivity index (χ1) is 20.9. The average molecular weight is 603 g/mol. The number of allylic oxidation sites excluding steroid dienone is 2. The van der Waals surface area contributed by atoms with Crippen molar-refractivity contribution < 1.29 is 23.4 Å². The third-order valence-electron chi connectivity index (χ3n) is 6.58. The van der Waals surface area contributed by atoms with Crippen molar-refractivity contribution in [2.45, 2.75) is 19.5 Å². The minimum Gasteiger partial charge on any atom is -0.499 e. The summed E-state index contributed by atoms with van der Waals surface area (Å²) in [5, 5.41) is 24.7. The number of aromatic nitrogens is 4. The number of aliphatic hydroxyl groups excluding tert-OH is 1. The first-order valence-electron chi connectivity index (χ1n) is 13.1. The lowest BCUT2D eigenvalue weighted by Gasteiger charge is -2.33. The van der Waals surface area contributed by atoms with E-state index in [1.165, 1.54) is 35.9 Å². The molecule has 0 aromatic carbocycles. The van der Waals surface area contributed by atoms with Gasteiger partial charge in [0.2, 0.25) is 5.91 Å². The van der Waals surface area contributed by atoms with Crippen LogP contribution in [0.4, 0.5) is 8.78 Å². The minimum atomic E-state index is -0.777. The van der Waals surface area contributed by atoms with Gasteiger partial charge < -0.3 is 14.7 Å². The van der Waals surface area contributed by atoms with Gasteiger partial charge in [-0.25, -0.2) is 13.8 Å². The van der Waals surface area contributed by atoms with Crippen molar-refractivity contribution in [1.82, 2.24) is 24.6 Å². The van der Waals surface area contributed by atoms with E-state index in [0.717, 1.165) is 21.9 Å². The molecule has 1 N–H and O–H groups in total. The minimum absolute atomic E-state index is 0.0615. The van der Waals surface area contributed by atoms with E-state index in [2.05, 4.69) is 28.9 Å². The van der Waals surface area contributed by atoms with Crippen LogP contribution in [-0.2, 0) is 16.1 Å². The van der Waals surface area contributed by atoms with Crippen LogP contribution in [0.25, 0.3) is 38.8 Å². The largest absolute Gasteiger partial charge is 0.499 e. The van der Waals surface area contributed by atoms with Crippen molar-refractivity contribution in [2.75, 3.05) is 19.8 Å². The highest BCUT2D eigenvalue weighted by Gasteiger charge is 2.29. The van der Waals surface area contributed by atoms with Crippen molar-refractivity contribution >= 4 is 33.4 Å². The molecule has 4 aromatic heterocycles. The Kier molecular flexibility index (Phi) is 10.3. The summed E-state index contributed by atoms with van der Waals surface area (Å²) in [6, 6.07) is 7.22. The number of thiophene rings is 1. The average Bonchev–Trinajstić information content (AvgIpc) is 3.69. The standard InChI is InChI=1S/C27H20F2N6OS.C4H8O2/c1-3-24(36)34-7-8-35-23(16(34)2)12-22(33-35)26-21(11-19(29)4-6-28)27-20(5-9-37-27)25(32-26)18-10-17(13-30)14-31-15-18;1-2-6-4-3-5/h3-6,9-12,14-16H,1,7-8H2,2H3;2,5H,1,3-4H2/b6-4+,19-11?;. The molecule has 0 saturated carbocycles. The highest BCUT2D eigenvalue weighted by Crippen LogP contribution is 2.40. The van der Waals surface area contributed by atoms with Gasteiger partial charge in [0, 0.05) is 46.2 Å². The zero-order valence-corrected chi connectivity index (χ0v) is 24.1. The maximum Gasteiger partial charge on any atom is 0.246 e. The molecule has 0 saturated heterocycles. The zero-order chi connectivity index (χ0) is 30.9. The number of fused-ring (bicyclic) bond motifs is 2. The lowest BCUT2D eigenvalue weighted by atomic mass is 10.0. The molecule has 12 heteroatoms. The van der Waals surface area contributed by atoms with Gasteiger partial charge in [-0.3, -0.25) is 14.5 Å². The monoisotopic (exact) mass is 602 g/mol. The van der Waals surface area contributed by atoms with E-state index >= 15 is 0 Å². The summed E-state index contributed by atoms with van der Waals surface area (Å²) < 4.78 is 34.4. The predicted molar refractivity (Wildman–Crippen MR) is 162 cm³/mol. The van der Waals surface area contributed by atoms with Gasteiger partial charge in [0.1, 0.15) is 29.9 Å². The van der Waals surface area contributed by atoms with Gasteiger partial charge >= 0.3 is 0 Å². The number of halogens is 2. The molecule has 4 aromatic rings. The molecule has 0 aliphatic carbocycles. The second kappa shape index (κ2) is 14.3. The highest BCUT2D eigenvalue weighted by atomic mass is 32.1. The predicted octanol–water partition coefficient (Wildman–Crippen LogP) is 6.12. The smallest absolute Gasteiger partial charge is 0.246 e. The molecule has 5 heterocycles. The van der Waals surface area contributed by atoms with E-state index in [1.807, 2.05) is 29.1 Å². The fourth-order valence-corrected chi connectivity index (χ4v) is 5.56. The Labute approximate surface area is 251 Å². The molecule has 0 fully saturated rings. The molecule has 1 amide bonds.